The molecule has 0 saturated carbocycles. The first-order valence-corrected chi connectivity index (χ1v) is 2.17. The fourth-order valence-corrected chi connectivity index (χ4v) is 0.252. The molecule has 0 N–H and O–H groups in total. The van der Waals surface area contributed by atoms with E-state index in [1.54, 1.807) is 0 Å². The van der Waals surface area contributed by atoms with E-state index in [9.17, 15) is 9.36 Å². The highest BCUT2D eigenvalue weighted by molar-refractivity contribution is 7.32. The van der Waals surface area contributed by atoms with Crippen LogP contribution in [0.1, 0.15) is 0 Å². The lowest BCUT2D eigenvalue weighted by Gasteiger charge is -0.917. The quantitative estimate of drug-likeness (QED) is 0.460. The van der Waals surface area contributed by atoms with Crippen molar-refractivity contribution in [3.8, 4) is 0 Å². The molecule has 1 unspecified atom stereocenters. The Labute approximate surface area is 27.7 Å². The van der Waals surface area contributed by atoms with E-state index >= 15 is 0 Å². The van der Waals surface area contributed by atoms with E-state index in [4.69, 9.17) is 0 Å². The molecule has 26 valence electrons. The van der Waals surface area contributed by atoms with Gasteiger partial charge < -0.3 is 0 Å². The minimum Gasteiger partial charge on any atom is -0.189 e. The van der Waals surface area contributed by atoms with Crippen LogP contribution in [0.4, 0.5) is 0 Å². The van der Waals surface area contributed by atoms with Crippen molar-refractivity contribution in [3.63, 3.8) is 0 Å². The first kappa shape index (κ1) is 2.79. The molecule has 0 aliphatic rings. The van der Waals surface area contributed by atoms with Crippen LogP contribution >= 0.6 is 7.65 Å². The average Bonchev–Trinajstić information content (AvgIpc) is 1.79. The van der Waals surface area contributed by atoms with E-state index in [1.807, 2.05) is 0 Å². The molecule has 0 amide bonds. The zero-order valence-corrected chi connectivity index (χ0v) is 3.07. The van der Waals surface area contributed by atoms with Crippen LogP contribution in [0.2, 0.25) is 0 Å². The Bertz CT molecular complexity index is 157. The molecule has 0 aromatic carbocycles. The summed E-state index contributed by atoms with van der Waals surface area (Å²) < 4.78 is 13.2. The van der Waals surface area contributed by atoms with Crippen LogP contribution in [0.15, 0.2) is 8.99 Å². The molecule has 4 heteroatoms. The van der Waals surface area contributed by atoms with Gasteiger partial charge in [-0.05, 0) is 4.57 Å². The molecular weight excluding hydrogens is 91.0 g/mol. The Morgan fingerprint density at radius 1 is 1.80 bits per heavy atom. The predicted molar refractivity (Wildman–Crippen MR) is 15.0 cm³/mol. The van der Waals surface area contributed by atoms with Crippen molar-refractivity contribution in [2.45, 2.75) is 0 Å². The van der Waals surface area contributed by atoms with Crippen LogP contribution in [0.3, 0.4) is 0 Å². The lowest BCUT2D eigenvalue weighted by Crippen LogP contribution is -1.59. The van der Waals surface area contributed by atoms with Crippen molar-refractivity contribution in [1.82, 2.24) is 0 Å². The van der Waals surface area contributed by atoms with Gasteiger partial charge in [0.15, 0.2) is 0 Å². The second-order valence-electron chi connectivity index (χ2n) is 0.614. The number of hydrogen-bond donors (Lipinski definition) is 0. The van der Waals surface area contributed by atoms with Crippen molar-refractivity contribution in [1.29, 1.82) is 0 Å². The van der Waals surface area contributed by atoms with Crippen LogP contribution in [0.25, 0.3) is 0 Å². The van der Waals surface area contributed by atoms with Crippen LogP contribution in [-0.4, -0.2) is 0 Å². The summed E-state index contributed by atoms with van der Waals surface area (Å²) in [6, 6.07) is 0. The molecule has 0 radical (unpaired) electrons. The summed E-state index contributed by atoms with van der Waals surface area (Å²) in [5.74, 6) is 0. The highest BCUT2D eigenvalue weighted by atomic mass is 31.1. The van der Waals surface area contributed by atoms with Crippen molar-refractivity contribution in [2.24, 2.45) is 0 Å². The van der Waals surface area contributed by atoms with Gasteiger partial charge in [0, 0.05) is 0 Å². The van der Waals surface area contributed by atoms with Gasteiger partial charge >= 0.3 is 13.0 Å². The molecule has 1 aromatic heterocycles. The van der Waals surface area contributed by atoms with Gasteiger partial charge in [-0.3, -0.25) is 0 Å². The molecule has 0 saturated heterocycles. The maximum atomic E-state index is 9.46. The van der Waals surface area contributed by atoms with Crippen molar-refractivity contribution >= 4 is 7.65 Å². The Morgan fingerprint density at radius 3 is 2.00 bits per heavy atom. The predicted octanol–water partition coefficient (Wildman–Crippen LogP) is 0.258. The molecule has 1 heterocycles. The van der Waals surface area contributed by atoms with Crippen molar-refractivity contribution in [2.75, 3.05) is 0 Å². The zero-order valence-electron chi connectivity index (χ0n) is 2.17. The molecule has 1 rings (SSSR count). The van der Waals surface area contributed by atoms with Crippen molar-refractivity contribution in [3.05, 3.63) is 10.2 Å². The van der Waals surface area contributed by atoms with Gasteiger partial charge in [-0.15, -0.1) is 4.20 Å². The van der Waals surface area contributed by atoms with Crippen LogP contribution in [0.5, 0.6) is 0 Å². The molecule has 1 atom stereocenters. The third-order valence-corrected chi connectivity index (χ3v) is 0.833. The van der Waals surface area contributed by atoms with Gasteiger partial charge in [0.05, 0.1) is 0 Å². The van der Waals surface area contributed by atoms with Crippen LogP contribution < -0.4 is 5.36 Å². The van der Waals surface area contributed by atoms with E-state index in [0.29, 0.717) is 0 Å². The van der Waals surface area contributed by atoms with Crippen LogP contribution in [0, 0.1) is 0 Å². The fraction of sp³-hybridized carbons (Fsp3) is 0. The summed E-state index contributed by atoms with van der Waals surface area (Å²) in [4.78, 5) is 9.38. The van der Waals surface area contributed by atoms with Gasteiger partial charge in [0.1, 0.15) is 0 Å². The molecule has 0 bridgehead atoms. The third-order valence-electron chi connectivity index (χ3n) is 0.278. The molecule has 1 aromatic rings. The standard InChI is InChI=1S/CO3P/c2-1-4-5(1)3/q+1. The second kappa shape index (κ2) is 0.546. The summed E-state index contributed by atoms with van der Waals surface area (Å²) in [5, 5.41) is -0.569. The van der Waals surface area contributed by atoms with E-state index in [2.05, 4.69) is 4.20 Å². The van der Waals surface area contributed by atoms with Gasteiger partial charge in [-0.25, -0.2) is 0 Å². The minimum atomic E-state index is -1.82. The van der Waals surface area contributed by atoms with E-state index < -0.39 is 13.0 Å². The average molecular weight is 91.0 g/mol. The molecule has 0 fully saturated rings. The van der Waals surface area contributed by atoms with E-state index in [-0.39, 0.29) is 0 Å². The third kappa shape index (κ3) is 0.284. The Hall–Kier alpha value is -0.430. The molecule has 0 spiro atoms. The maximum absolute atomic E-state index is 9.46. The van der Waals surface area contributed by atoms with Gasteiger partial charge in [-0.1, -0.05) is 0 Å². The maximum Gasteiger partial charge on any atom is 0.696 e. The lowest BCUT2D eigenvalue weighted by molar-refractivity contribution is 0.582. The SMILES string of the molecule is O=c1o[p+]1=O. The summed E-state index contributed by atoms with van der Waals surface area (Å²) in [7, 11) is -1.82. The largest absolute Gasteiger partial charge is 0.696 e. The van der Waals surface area contributed by atoms with Gasteiger partial charge in [0.25, 0.3) is 0 Å². The summed E-state index contributed by atoms with van der Waals surface area (Å²) in [6.07, 6.45) is 0. The van der Waals surface area contributed by atoms with E-state index in [0.717, 1.165) is 0 Å². The number of rotatable bonds is 0. The zero-order chi connectivity index (χ0) is 3.86. The Kier molecular flexibility index (Phi) is 0.305. The lowest BCUT2D eigenvalue weighted by atomic mass is 11.7. The van der Waals surface area contributed by atoms with Crippen LogP contribution in [-0.2, 0) is 4.57 Å². The molecule has 0 aliphatic carbocycles. The summed E-state index contributed by atoms with van der Waals surface area (Å²) in [6.45, 7) is 0. The first-order chi connectivity index (χ1) is 2.30. The summed E-state index contributed by atoms with van der Waals surface area (Å²) in [5.41, 5.74) is 0. The number of hydrogen-bond acceptors (Lipinski definition) is 3. The molecule has 0 aliphatic heterocycles. The molecule has 3 nitrogen and oxygen atoms in total. The highest BCUT2D eigenvalue weighted by Crippen LogP contribution is 2.05. The highest BCUT2D eigenvalue weighted by Gasteiger charge is 2.26. The minimum absolute atomic E-state index is 0.569. The summed E-state index contributed by atoms with van der Waals surface area (Å²) >= 11 is 0. The first-order valence-electron chi connectivity index (χ1n) is 0.997. The molecule has 5 heavy (non-hydrogen) atoms. The van der Waals surface area contributed by atoms with Gasteiger partial charge in [-0.2, -0.15) is 4.79 Å². The van der Waals surface area contributed by atoms with Crippen molar-refractivity contribution < 1.29 is 8.76 Å². The second-order valence-corrected chi connectivity index (χ2v) is 1.68. The smallest absolute Gasteiger partial charge is 0.189 e. The van der Waals surface area contributed by atoms with Gasteiger partial charge in [0.2, 0.25) is 0 Å². The Morgan fingerprint density at radius 2 is 2.00 bits per heavy atom. The molecular formula is CO3P+. The topological polar surface area (TPSA) is 47.3 Å². The monoisotopic (exact) mass is 91.0 g/mol. The normalized spacial score (nSPS) is 13.2. The van der Waals surface area contributed by atoms with E-state index in [1.165, 1.54) is 0 Å². The fourth-order valence-electron chi connectivity index (χ4n) is 0.0505. The Balaban J connectivity index is 3.70.